The van der Waals surface area contributed by atoms with Crippen molar-refractivity contribution in [2.45, 2.75) is 12.8 Å². The van der Waals surface area contributed by atoms with Crippen LogP contribution in [0.25, 0.3) is 0 Å². The van der Waals surface area contributed by atoms with Crippen molar-refractivity contribution in [2.75, 3.05) is 19.8 Å². The summed E-state index contributed by atoms with van der Waals surface area (Å²) in [5.74, 6) is -7.51. The van der Waals surface area contributed by atoms with Crippen molar-refractivity contribution in [3.05, 3.63) is 35.1 Å². The second-order valence-corrected chi connectivity index (χ2v) is 5.36. The van der Waals surface area contributed by atoms with E-state index >= 15 is 0 Å². The number of benzene rings is 1. The predicted octanol–water partition coefficient (Wildman–Crippen LogP) is 1.96. The van der Waals surface area contributed by atoms with Crippen LogP contribution >= 0.6 is 0 Å². The fraction of sp³-hybridized carbons (Fsp3) is 0.467. The van der Waals surface area contributed by atoms with Gasteiger partial charge in [-0.1, -0.05) is 0 Å². The zero-order chi connectivity index (χ0) is 17.0. The molecule has 0 aromatic heterocycles. The molecule has 1 fully saturated rings. The van der Waals surface area contributed by atoms with Crippen molar-refractivity contribution < 1.29 is 32.6 Å². The Hall–Kier alpha value is -2.09. The molecule has 1 heterocycles. The molecule has 1 aliphatic heterocycles. The van der Waals surface area contributed by atoms with Gasteiger partial charge < -0.3 is 15.2 Å². The van der Waals surface area contributed by atoms with Crippen molar-refractivity contribution in [2.24, 2.45) is 11.8 Å². The van der Waals surface area contributed by atoms with Gasteiger partial charge in [0.15, 0.2) is 17.5 Å². The maximum absolute atomic E-state index is 13.1. The minimum atomic E-state index is -1.66. The molecule has 2 N–H and O–H groups in total. The van der Waals surface area contributed by atoms with Crippen LogP contribution < -0.4 is 5.32 Å². The van der Waals surface area contributed by atoms with Crippen molar-refractivity contribution in [3.63, 3.8) is 0 Å². The van der Waals surface area contributed by atoms with Gasteiger partial charge in [-0.25, -0.2) is 13.2 Å². The van der Waals surface area contributed by atoms with Crippen LogP contribution in [-0.2, 0) is 9.53 Å². The first kappa shape index (κ1) is 17.3. The lowest BCUT2D eigenvalue weighted by atomic mass is 9.86. The molecule has 23 heavy (non-hydrogen) atoms. The SMILES string of the molecule is O=C(NCC(C(=O)O)C1CCOCC1)c1cc(F)c(F)c(F)c1. The van der Waals surface area contributed by atoms with E-state index in [0.717, 1.165) is 0 Å². The van der Waals surface area contributed by atoms with E-state index in [9.17, 15) is 27.9 Å². The quantitative estimate of drug-likeness (QED) is 0.809. The second kappa shape index (κ2) is 7.45. The summed E-state index contributed by atoms with van der Waals surface area (Å²) in [5.41, 5.74) is -0.405. The molecule has 1 aliphatic rings. The fourth-order valence-electron chi connectivity index (χ4n) is 2.57. The number of amides is 1. The number of aliphatic carboxylic acids is 1. The Labute approximate surface area is 130 Å². The largest absolute Gasteiger partial charge is 0.481 e. The number of hydrogen-bond donors (Lipinski definition) is 2. The summed E-state index contributed by atoms with van der Waals surface area (Å²) in [6, 6.07) is 1.13. The minimum absolute atomic E-state index is 0.150. The summed E-state index contributed by atoms with van der Waals surface area (Å²) < 4.78 is 44.3. The maximum atomic E-state index is 13.1. The van der Waals surface area contributed by atoms with Gasteiger partial charge in [-0.05, 0) is 30.9 Å². The molecule has 1 atom stereocenters. The Bertz CT molecular complexity index is 579. The number of hydrogen-bond acceptors (Lipinski definition) is 3. The minimum Gasteiger partial charge on any atom is -0.481 e. The molecule has 0 saturated carbocycles. The molecule has 2 rings (SSSR count). The number of halogens is 3. The third kappa shape index (κ3) is 4.22. The van der Waals surface area contributed by atoms with Crippen LogP contribution in [0.2, 0.25) is 0 Å². The van der Waals surface area contributed by atoms with E-state index in [1.54, 1.807) is 0 Å². The molecule has 126 valence electrons. The monoisotopic (exact) mass is 331 g/mol. The maximum Gasteiger partial charge on any atom is 0.308 e. The van der Waals surface area contributed by atoms with Gasteiger partial charge in [-0.2, -0.15) is 0 Å². The van der Waals surface area contributed by atoms with Crippen LogP contribution in [0.3, 0.4) is 0 Å². The smallest absolute Gasteiger partial charge is 0.308 e. The average Bonchev–Trinajstić information content (AvgIpc) is 2.52. The van der Waals surface area contributed by atoms with Crippen molar-refractivity contribution >= 4 is 11.9 Å². The molecule has 1 aromatic carbocycles. The normalized spacial score (nSPS) is 16.8. The number of carbonyl (C=O) groups excluding carboxylic acids is 1. The van der Waals surface area contributed by atoms with E-state index in [1.165, 1.54) is 0 Å². The highest BCUT2D eigenvalue weighted by molar-refractivity contribution is 5.94. The van der Waals surface area contributed by atoms with Crippen LogP contribution in [-0.4, -0.2) is 36.7 Å². The number of carboxylic acids is 1. The summed E-state index contributed by atoms with van der Waals surface area (Å²) >= 11 is 0. The molecule has 0 bridgehead atoms. The summed E-state index contributed by atoms with van der Waals surface area (Å²) in [4.78, 5) is 23.2. The van der Waals surface area contributed by atoms with Crippen LogP contribution in [0, 0.1) is 29.3 Å². The molecule has 0 radical (unpaired) electrons. The molecular formula is C15H16F3NO4. The molecule has 0 aliphatic carbocycles. The topological polar surface area (TPSA) is 75.6 Å². The predicted molar refractivity (Wildman–Crippen MR) is 73.3 cm³/mol. The van der Waals surface area contributed by atoms with E-state index in [1.807, 2.05) is 0 Å². The van der Waals surface area contributed by atoms with Crippen molar-refractivity contribution in [1.29, 1.82) is 0 Å². The highest BCUT2D eigenvalue weighted by Crippen LogP contribution is 2.24. The van der Waals surface area contributed by atoms with E-state index in [2.05, 4.69) is 5.32 Å². The number of carbonyl (C=O) groups is 2. The van der Waals surface area contributed by atoms with Crippen LogP contribution in [0.4, 0.5) is 13.2 Å². The van der Waals surface area contributed by atoms with Gasteiger partial charge in [0.2, 0.25) is 0 Å². The average molecular weight is 331 g/mol. The Balaban J connectivity index is 2.02. The van der Waals surface area contributed by atoms with Gasteiger partial charge in [0, 0.05) is 25.3 Å². The molecular weight excluding hydrogens is 315 g/mol. The van der Waals surface area contributed by atoms with E-state index in [4.69, 9.17) is 4.74 Å². The lowest BCUT2D eigenvalue weighted by Crippen LogP contribution is -2.39. The Morgan fingerprint density at radius 1 is 1.22 bits per heavy atom. The van der Waals surface area contributed by atoms with Crippen LogP contribution in [0.1, 0.15) is 23.2 Å². The zero-order valence-corrected chi connectivity index (χ0v) is 12.2. The third-order valence-corrected chi connectivity index (χ3v) is 3.88. The second-order valence-electron chi connectivity index (χ2n) is 5.36. The van der Waals surface area contributed by atoms with Gasteiger partial charge in [0.25, 0.3) is 5.91 Å². The third-order valence-electron chi connectivity index (χ3n) is 3.88. The van der Waals surface area contributed by atoms with E-state index in [-0.39, 0.29) is 12.5 Å². The van der Waals surface area contributed by atoms with Gasteiger partial charge in [0.05, 0.1) is 5.92 Å². The first-order valence-electron chi connectivity index (χ1n) is 7.13. The van der Waals surface area contributed by atoms with Crippen LogP contribution in [0.15, 0.2) is 12.1 Å². The Kier molecular flexibility index (Phi) is 5.59. The highest BCUT2D eigenvalue weighted by atomic mass is 19.2. The standard InChI is InChI=1S/C15H16F3NO4/c16-11-5-9(6-12(17)13(11)18)14(20)19-7-10(15(21)22)8-1-3-23-4-2-8/h5-6,8,10H,1-4,7H2,(H,19,20)(H,21,22). The van der Waals surface area contributed by atoms with Gasteiger partial charge >= 0.3 is 5.97 Å². The first-order chi connectivity index (χ1) is 10.9. The molecule has 0 spiro atoms. The zero-order valence-electron chi connectivity index (χ0n) is 12.2. The fourth-order valence-corrected chi connectivity index (χ4v) is 2.57. The Morgan fingerprint density at radius 3 is 2.30 bits per heavy atom. The molecule has 1 amide bonds. The molecule has 1 saturated heterocycles. The van der Waals surface area contributed by atoms with Gasteiger partial charge in [-0.3, -0.25) is 9.59 Å². The highest BCUT2D eigenvalue weighted by Gasteiger charge is 2.30. The summed E-state index contributed by atoms with van der Waals surface area (Å²) in [7, 11) is 0. The van der Waals surface area contributed by atoms with E-state index in [0.29, 0.717) is 38.2 Å². The van der Waals surface area contributed by atoms with E-state index < -0.39 is 40.8 Å². The van der Waals surface area contributed by atoms with Gasteiger partial charge in [-0.15, -0.1) is 0 Å². The lowest BCUT2D eigenvalue weighted by molar-refractivity contribution is -0.144. The number of rotatable bonds is 5. The molecule has 1 aromatic rings. The van der Waals surface area contributed by atoms with Crippen molar-refractivity contribution in [3.8, 4) is 0 Å². The number of nitrogens with one attached hydrogen (secondary N) is 1. The van der Waals surface area contributed by atoms with Crippen LogP contribution in [0.5, 0.6) is 0 Å². The molecule has 1 unspecified atom stereocenters. The molecule has 5 nitrogen and oxygen atoms in total. The Morgan fingerprint density at radius 2 is 1.78 bits per heavy atom. The number of ether oxygens (including phenoxy) is 1. The van der Waals surface area contributed by atoms with Gasteiger partial charge in [0.1, 0.15) is 0 Å². The first-order valence-corrected chi connectivity index (χ1v) is 7.13. The van der Waals surface area contributed by atoms with Crippen molar-refractivity contribution in [1.82, 2.24) is 5.32 Å². The molecule has 8 heteroatoms. The number of carboxylic acid groups (broad SMARTS) is 1. The summed E-state index contributed by atoms with van der Waals surface area (Å²) in [6.07, 6.45) is 1.12. The summed E-state index contributed by atoms with van der Waals surface area (Å²) in [5, 5.41) is 11.6. The lowest BCUT2D eigenvalue weighted by Gasteiger charge is -2.27. The summed E-state index contributed by atoms with van der Waals surface area (Å²) in [6.45, 7) is 0.729.